The van der Waals surface area contributed by atoms with Gasteiger partial charge in [0.15, 0.2) is 0 Å². The van der Waals surface area contributed by atoms with Crippen LogP contribution in [0.3, 0.4) is 0 Å². The van der Waals surface area contributed by atoms with Crippen LogP contribution >= 0.6 is 0 Å². The monoisotopic (exact) mass is 342 g/mol. The highest BCUT2D eigenvalue weighted by molar-refractivity contribution is 5.70. The van der Waals surface area contributed by atoms with E-state index >= 15 is 0 Å². The van der Waals surface area contributed by atoms with Crippen LogP contribution in [-0.4, -0.2) is 0 Å². The van der Waals surface area contributed by atoms with Crippen LogP contribution < -0.4 is 0 Å². The zero-order chi connectivity index (χ0) is 18.9. The number of benzene rings is 3. The first-order valence-corrected chi connectivity index (χ1v) is 9.46. The Morgan fingerprint density at radius 3 is 0.731 bits per heavy atom. The lowest BCUT2D eigenvalue weighted by Crippen LogP contribution is -2.10. The molecule has 3 aromatic rings. The second kappa shape index (κ2) is 6.76. The van der Waals surface area contributed by atoms with Crippen LogP contribution in [0.2, 0.25) is 0 Å². The van der Waals surface area contributed by atoms with Crippen LogP contribution in [0.4, 0.5) is 0 Å². The van der Waals surface area contributed by atoms with Gasteiger partial charge in [0, 0.05) is 0 Å². The van der Waals surface area contributed by atoms with Gasteiger partial charge < -0.3 is 0 Å². The molecule has 26 heavy (non-hydrogen) atoms. The molecule has 3 aromatic carbocycles. The second-order valence-corrected chi connectivity index (χ2v) is 9.23. The molecule has 0 aromatic heterocycles. The first kappa shape index (κ1) is 18.5. The zero-order valence-electron chi connectivity index (χ0n) is 16.9. The quantitative estimate of drug-likeness (QED) is 0.449. The summed E-state index contributed by atoms with van der Waals surface area (Å²) in [5.41, 5.74) is 8.21. The molecule has 134 valence electrons. The van der Waals surface area contributed by atoms with Crippen molar-refractivity contribution in [3.63, 3.8) is 0 Å². The van der Waals surface area contributed by atoms with Crippen molar-refractivity contribution in [1.29, 1.82) is 0 Å². The molecule has 0 atom stereocenters. The summed E-state index contributed by atoms with van der Waals surface area (Å²) in [5, 5.41) is 0. The van der Waals surface area contributed by atoms with Crippen LogP contribution in [0.5, 0.6) is 0 Å². The maximum Gasteiger partial charge on any atom is -0.0132 e. The molecule has 0 spiro atoms. The third-order valence-corrected chi connectivity index (χ3v) is 5.05. The maximum atomic E-state index is 2.25. The van der Waals surface area contributed by atoms with Gasteiger partial charge in [-0.25, -0.2) is 0 Å². The van der Waals surface area contributed by atoms with Crippen molar-refractivity contribution in [3.05, 3.63) is 83.9 Å². The van der Waals surface area contributed by atoms with Crippen LogP contribution in [0.1, 0.15) is 52.7 Å². The first-order chi connectivity index (χ1) is 12.1. The standard InChI is InChI=1S/C26H30/c1-25(2,3)23-15-11-21(12-16-23)19-7-9-20(10-8-19)22-13-17-24(18-14-22)26(4,5)6/h7-18H,1-6H3. The lowest BCUT2D eigenvalue weighted by atomic mass is 9.86. The van der Waals surface area contributed by atoms with Gasteiger partial charge in [-0.1, -0.05) is 114 Å². The molecular formula is C26H30. The molecule has 0 radical (unpaired) electrons. The van der Waals surface area contributed by atoms with Crippen LogP contribution in [-0.2, 0) is 10.8 Å². The molecule has 0 aliphatic heterocycles. The van der Waals surface area contributed by atoms with Crippen LogP contribution in [0, 0.1) is 0 Å². The third kappa shape index (κ3) is 4.07. The van der Waals surface area contributed by atoms with E-state index in [1.54, 1.807) is 0 Å². The van der Waals surface area contributed by atoms with Gasteiger partial charge in [-0.05, 0) is 44.2 Å². The summed E-state index contributed by atoms with van der Waals surface area (Å²) in [6, 6.07) is 26.8. The van der Waals surface area contributed by atoms with Gasteiger partial charge in [0.05, 0.1) is 0 Å². The minimum atomic E-state index is 0.196. The molecule has 0 saturated carbocycles. The average Bonchev–Trinajstić information content (AvgIpc) is 2.61. The fourth-order valence-corrected chi connectivity index (χ4v) is 3.18. The van der Waals surface area contributed by atoms with Crippen LogP contribution in [0.15, 0.2) is 72.8 Å². The van der Waals surface area contributed by atoms with Crippen LogP contribution in [0.25, 0.3) is 22.3 Å². The molecule has 0 heteroatoms. The summed E-state index contributed by atoms with van der Waals surface area (Å²) in [6.07, 6.45) is 0. The van der Waals surface area contributed by atoms with Gasteiger partial charge in [0.2, 0.25) is 0 Å². The van der Waals surface area contributed by atoms with E-state index in [1.165, 1.54) is 33.4 Å². The molecule has 0 saturated heterocycles. The summed E-state index contributed by atoms with van der Waals surface area (Å²) in [4.78, 5) is 0. The van der Waals surface area contributed by atoms with E-state index in [9.17, 15) is 0 Å². The van der Waals surface area contributed by atoms with E-state index in [1.807, 2.05) is 0 Å². The minimum Gasteiger partial charge on any atom is -0.0579 e. The van der Waals surface area contributed by atoms with Crippen molar-refractivity contribution in [2.24, 2.45) is 0 Å². The molecule has 0 heterocycles. The molecule has 0 N–H and O–H groups in total. The highest BCUT2D eigenvalue weighted by Crippen LogP contribution is 2.29. The van der Waals surface area contributed by atoms with Gasteiger partial charge >= 0.3 is 0 Å². The van der Waals surface area contributed by atoms with Gasteiger partial charge in [0.1, 0.15) is 0 Å². The molecule has 0 nitrogen and oxygen atoms in total. The highest BCUT2D eigenvalue weighted by atomic mass is 14.2. The summed E-state index contributed by atoms with van der Waals surface area (Å²) >= 11 is 0. The van der Waals surface area contributed by atoms with Gasteiger partial charge in [-0.2, -0.15) is 0 Å². The predicted molar refractivity (Wildman–Crippen MR) is 115 cm³/mol. The smallest absolute Gasteiger partial charge is 0.0132 e. The molecule has 0 unspecified atom stereocenters. The van der Waals surface area contributed by atoms with E-state index in [-0.39, 0.29) is 10.8 Å². The fourth-order valence-electron chi connectivity index (χ4n) is 3.18. The molecule has 0 bridgehead atoms. The van der Waals surface area contributed by atoms with Gasteiger partial charge in [0.25, 0.3) is 0 Å². The highest BCUT2D eigenvalue weighted by Gasteiger charge is 2.14. The summed E-state index contributed by atoms with van der Waals surface area (Å²) < 4.78 is 0. The largest absolute Gasteiger partial charge is 0.0579 e. The Labute approximate surface area is 158 Å². The number of hydrogen-bond donors (Lipinski definition) is 0. The van der Waals surface area contributed by atoms with Crippen molar-refractivity contribution >= 4 is 0 Å². The minimum absolute atomic E-state index is 0.196. The molecule has 0 fully saturated rings. The van der Waals surface area contributed by atoms with E-state index in [0.717, 1.165) is 0 Å². The third-order valence-electron chi connectivity index (χ3n) is 5.05. The average molecular weight is 343 g/mol. The van der Waals surface area contributed by atoms with E-state index in [4.69, 9.17) is 0 Å². The lowest BCUT2D eigenvalue weighted by Gasteiger charge is -2.19. The van der Waals surface area contributed by atoms with Crippen molar-refractivity contribution in [1.82, 2.24) is 0 Å². The summed E-state index contributed by atoms with van der Waals surface area (Å²) in [6.45, 7) is 13.5. The molecule has 3 rings (SSSR count). The summed E-state index contributed by atoms with van der Waals surface area (Å²) in [5.74, 6) is 0. The predicted octanol–water partition coefficient (Wildman–Crippen LogP) is 7.62. The Hall–Kier alpha value is -2.34. The topological polar surface area (TPSA) is 0 Å². The molecular weight excluding hydrogens is 312 g/mol. The van der Waals surface area contributed by atoms with Gasteiger partial charge in [-0.15, -0.1) is 0 Å². The lowest BCUT2D eigenvalue weighted by molar-refractivity contribution is 0.590. The molecule has 0 aliphatic carbocycles. The van der Waals surface area contributed by atoms with E-state index in [2.05, 4.69) is 114 Å². The molecule has 0 aliphatic rings. The zero-order valence-corrected chi connectivity index (χ0v) is 16.9. The van der Waals surface area contributed by atoms with Crippen molar-refractivity contribution in [2.45, 2.75) is 52.4 Å². The number of hydrogen-bond acceptors (Lipinski definition) is 0. The Balaban J connectivity index is 1.82. The second-order valence-electron chi connectivity index (χ2n) is 9.23. The fraction of sp³-hybridized carbons (Fsp3) is 0.308. The first-order valence-electron chi connectivity index (χ1n) is 9.46. The molecule has 0 amide bonds. The van der Waals surface area contributed by atoms with Crippen molar-refractivity contribution in [2.75, 3.05) is 0 Å². The van der Waals surface area contributed by atoms with E-state index in [0.29, 0.717) is 0 Å². The normalized spacial score (nSPS) is 12.2. The Morgan fingerprint density at radius 1 is 0.346 bits per heavy atom. The van der Waals surface area contributed by atoms with Crippen molar-refractivity contribution in [3.8, 4) is 22.3 Å². The Morgan fingerprint density at radius 2 is 0.538 bits per heavy atom. The van der Waals surface area contributed by atoms with Crippen molar-refractivity contribution < 1.29 is 0 Å². The number of rotatable bonds is 2. The van der Waals surface area contributed by atoms with E-state index < -0.39 is 0 Å². The van der Waals surface area contributed by atoms with Gasteiger partial charge in [-0.3, -0.25) is 0 Å². The Bertz CT molecular complexity index is 773. The SMILES string of the molecule is CC(C)(C)c1ccc(-c2ccc(-c3ccc(C(C)(C)C)cc3)cc2)cc1. The summed E-state index contributed by atoms with van der Waals surface area (Å²) in [7, 11) is 0. The maximum absolute atomic E-state index is 2.25. The Kier molecular flexibility index (Phi) is 4.80.